The lowest BCUT2D eigenvalue weighted by molar-refractivity contribution is -0.121. The monoisotopic (exact) mass is 234 g/mol. The van der Waals surface area contributed by atoms with E-state index < -0.39 is 9.84 Å². The minimum Gasteiger partial charge on any atom is -0.352 e. The molecule has 1 rings (SSSR count). The molecule has 1 atom stereocenters. The van der Waals surface area contributed by atoms with E-state index >= 15 is 0 Å². The van der Waals surface area contributed by atoms with Crippen molar-refractivity contribution in [2.45, 2.75) is 31.7 Å². The zero-order valence-corrected chi connectivity index (χ0v) is 9.55. The minimum atomic E-state index is -2.94. The summed E-state index contributed by atoms with van der Waals surface area (Å²) >= 11 is 0. The number of nitrogens with two attached hydrogens (primary N) is 1. The summed E-state index contributed by atoms with van der Waals surface area (Å²) in [7, 11) is -2.94. The summed E-state index contributed by atoms with van der Waals surface area (Å²) < 4.78 is 22.6. The molecule has 1 fully saturated rings. The van der Waals surface area contributed by atoms with Gasteiger partial charge in [0.25, 0.3) is 0 Å². The van der Waals surface area contributed by atoms with Gasteiger partial charge in [0, 0.05) is 12.5 Å². The topological polar surface area (TPSA) is 89.3 Å². The molecule has 0 aromatic carbocycles. The lowest BCUT2D eigenvalue weighted by atomic mass is 10.2. The third-order valence-corrected chi connectivity index (χ3v) is 4.26. The molecule has 6 heteroatoms. The van der Waals surface area contributed by atoms with Crippen LogP contribution < -0.4 is 11.1 Å². The van der Waals surface area contributed by atoms with Crippen LogP contribution in [0.25, 0.3) is 0 Å². The van der Waals surface area contributed by atoms with Crippen molar-refractivity contribution in [1.29, 1.82) is 0 Å². The Morgan fingerprint density at radius 2 is 2.20 bits per heavy atom. The van der Waals surface area contributed by atoms with E-state index in [1.54, 1.807) is 0 Å². The highest BCUT2D eigenvalue weighted by Crippen LogP contribution is 2.12. The fourth-order valence-electron chi connectivity index (χ4n) is 1.70. The molecule has 1 amide bonds. The van der Waals surface area contributed by atoms with Crippen LogP contribution in [0.5, 0.6) is 0 Å². The number of sulfone groups is 1. The smallest absolute Gasteiger partial charge is 0.220 e. The van der Waals surface area contributed by atoms with E-state index in [2.05, 4.69) is 5.32 Å². The zero-order valence-electron chi connectivity index (χ0n) is 8.74. The fraction of sp³-hybridized carbons (Fsp3) is 0.889. The molecule has 0 aromatic heterocycles. The van der Waals surface area contributed by atoms with Gasteiger partial charge in [-0.05, 0) is 25.8 Å². The Labute approximate surface area is 90.3 Å². The summed E-state index contributed by atoms with van der Waals surface area (Å²) in [6.07, 6.45) is 2.43. The third kappa shape index (κ3) is 4.61. The molecule has 0 spiro atoms. The van der Waals surface area contributed by atoms with Gasteiger partial charge in [0.1, 0.15) is 0 Å². The van der Waals surface area contributed by atoms with Crippen molar-refractivity contribution in [3.05, 3.63) is 0 Å². The Kier molecular flexibility index (Phi) is 4.53. The summed E-state index contributed by atoms with van der Waals surface area (Å²) in [6, 6.07) is -0.200. The number of carbonyl (C=O) groups excluding carboxylic acids is 1. The van der Waals surface area contributed by atoms with Gasteiger partial charge in [-0.15, -0.1) is 0 Å². The first kappa shape index (κ1) is 12.4. The van der Waals surface area contributed by atoms with E-state index in [0.29, 0.717) is 25.8 Å². The van der Waals surface area contributed by atoms with Crippen molar-refractivity contribution in [1.82, 2.24) is 5.32 Å². The van der Waals surface area contributed by atoms with Crippen LogP contribution in [0.2, 0.25) is 0 Å². The molecule has 1 heterocycles. The number of carbonyl (C=O) groups is 1. The van der Waals surface area contributed by atoms with Gasteiger partial charge in [-0.3, -0.25) is 4.79 Å². The van der Waals surface area contributed by atoms with Crippen LogP contribution >= 0.6 is 0 Å². The maximum Gasteiger partial charge on any atom is 0.220 e. The molecule has 1 unspecified atom stereocenters. The Balaban J connectivity index is 2.35. The SMILES string of the molecule is NCCCC(=O)NC1CCCS(=O)(=O)C1. The van der Waals surface area contributed by atoms with Crippen molar-refractivity contribution >= 4 is 15.7 Å². The van der Waals surface area contributed by atoms with E-state index in [1.165, 1.54) is 0 Å². The molecule has 3 N–H and O–H groups in total. The van der Waals surface area contributed by atoms with Crippen LogP contribution in [0.1, 0.15) is 25.7 Å². The van der Waals surface area contributed by atoms with Crippen molar-refractivity contribution in [2.75, 3.05) is 18.1 Å². The summed E-state index contributed by atoms with van der Waals surface area (Å²) in [4.78, 5) is 11.3. The van der Waals surface area contributed by atoms with Crippen molar-refractivity contribution in [3.8, 4) is 0 Å². The molecule has 1 saturated heterocycles. The lowest BCUT2D eigenvalue weighted by Crippen LogP contribution is -2.43. The number of amides is 1. The van der Waals surface area contributed by atoms with Crippen LogP contribution in [0.3, 0.4) is 0 Å². The first-order chi connectivity index (χ1) is 7.03. The van der Waals surface area contributed by atoms with Gasteiger partial charge in [0.05, 0.1) is 11.5 Å². The van der Waals surface area contributed by atoms with Gasteiger partial charge < -0.3 is 11.1 Å². The largest absolute Gasteiger partial charge is 0.352 e. The van der Waals surface area contributed by atoms with Gasteiger partial charge in [-0.25, -0.2) is 8.42 Å². The van der Waals surface area contributed by atoms with Crippen molar-refractivity contribution in [3.63, 3.8) is 0 Å². The average molecular weight is 234 g/mol. The van der Waals surface area contributed by atoms with E-state index in [-0.39, 0.29) is 23.5 Å². The quantitative estimate of drug-likeness (QED) is 0.681. The predicted molar refractivity (Wildman–Crippen MR) is 58.1 cm³/mol. The van der Waals surface area contributed by atoms with Crippen LogP contribution in [0.4, 0.5) is 0 Å². The van der Waals surface area contributed by atoms with Crippen molar-refractivity contribution in [2.24, 2.45) is 5.73 Å². The summed E-state index contributed by atoms with van der Waals surface area (Å²) in [5.74, 6) is 0.242. The number of rotatable bonds is 4. The number of nitrogens with one attached hydrogen (secondary N) is 1. The van der Waals surface area contributed by atoms with Crippen molar-refractivity contribution < 1.29 is 13.2 Å². The van der Waals surface area contributed by atoms with Gasteiger partial charge in [-0.2, -0.15) is 0 Å². The molecule has 1 aliphatic rings. The number of hydrogen-bond donors (Lipinski definition) is 2. The van der Waals surface area contributed by atoms with Crippen LogP contribution in [-0.4, -0.2) is 38.4 Å². The van der Waals surface area contributed by atoms with E-state index in [9.17, 15) is 13.2 Å². The molecule has 1 aliphatic heterocycles. The van der Waals surface area contributed by atoms with Gasteiger partial charge in [0.15, 0.2) is 9.84 Å². The summed E-state index contributed by atoms with van der Waals surface area (Å²) in [6.45, 7) is 0.483. The van der Waals surface area contributed by atoms with Crippen LogP contribution in [0, 0.1) is 0 Å². The Morgan fingerprint density at radius 1 is 1.47 bits per heavy atom. The summed E-state index contributed by atoms with van der Waals surface area (Å²) in [5.41, 5.74) is 5.28. The lowest BCUT2D eigenvalue weighted by Gasteiger charge is -2.22. The van der Waals surface area contributed by atoms with Gasteiger partial charge >= 0.3 is 0 Å². The molecule has 88 valence electrons. The maximum atomic E-state index is 11.3. The molecule has 0 aromatic rings. The fourth-order valence-corrected chi connectivity index (χ4v) is 3.34. The van der Waals surface area contributed by atoms with Gasteiger partial charge in [0.2, 0.25) is 5.91 Å². The molecule has 0 aliphatic carbocycles. The molecular formula is C9H18N2O3S. The molecular weight excluding hydrogens is 216 g/mol. The molecule has 0 radical (unpaired) electrons. The Hall–Kier alpha value is -0.620. The van der Waals surface area contributed by atoms with E-state index in [4.69, 9.17) is 5.73 Å². The minimum absolute atomic E-state index is 0.0847. The second-order valence-electron chi connectivity index (χ2n) is 3.91. The first-order valence-electron chi connectivity index (χ1n) is 5.23. The average Bonchev–Trinajstić information content (AvgIpc) is 2.13. The van der Waals surface area contributed by atoms with Crippen LogP contribution in [0.15, 0.2) is 0 Å². The molecule has 0 bridgehead atoms. The van der Waals surface area contributed by atoms with Crippen LogP contribution in [-0.2, 0) is 14.6 Å². The second-order valence-corrected chi connectivity index (χ2v) is 6.14. The molecule has 15 heavy (non-hydrogen) atoms. The number of hydrogen-bond acceptors (Lipinski definition) is 4. The third-order valence-electron chi connectivity index (χ3n) is 2.44. The highest BCUT2D eigenvalue weighted by atomic mass is 32.2. The molecule has 0 saturated carbocycles. The Bertz CT molecular complexity index is 313. The predicted octanol–water partition coefficient (Wildman–Crippen LogP) is -0.581. The highest BCUT2D eigenvalue weighted by Gasteiger charge is 2.25. The van der Waals surface area contributed by atoms with E-state index in [0.717, 1.165) is 6.42 Å². The normalized spacial score (nSPS) is 24.7. The maximum absolute atomic E-state index is 11.3. The second kappa shape index (κ2) is 5.46. The van der Waals surface area contributed by atoms with E-state index in [1.807, 2.05) is 0 Å². The molecule has 5 nitrogen and oxygen atoms in total. The highest BCUT2D eigenvalue weighted by molar-refractivity contribution is 7.91. The first-order valence-corrected chi connectivity index (χ1v) is 7.05. The van der Waals surface area contributed by atoms with Gasteiger partial charge in [-0.1, -0.05) is 0 Å². The summed E-state index contributed by atoms with van der Waals surface area (Å²) in [5, 5.41) is 2.74. The zero-order chi connectivity index (χ0) is 11.3. The standard InChI is InChI=1S/C9H18N2O3S/c10-5-1-4-9(12)11-8-3-2-6-15(13,14)7-8/h8H,1-7,10H2,(H,11,12). The Morgan fingerprint density at radius 3 is 2.80 bits per heavy atom.